The second-order valence-corrected chi connectivity index (χ2v) is 4.81. The smallest absolute Gasteiger partial charge is 0.126 e. The highest BCUT2D eigenvalue weighted by molar-refractivity contribution is 5.76. The van der Waals surface area contributed by atoms with Crippen LogP contribution in [0.25, 0.3) is 5.57 Å². The summed E-state index contributed by atoms with van der Waals surface area (Å²) >= 11 is 0. The fourth-order valence-corrected chi connectivity index (χ4v) is 2.91. The van der Waals surface area contributed by atoms with Crippen LogP contribution in [0, 0.1) is 0 Å². The molecule has 2 aliphatic rings. The summed E-state index contributed by atoms with van der Waals surface area (Å²) in [6.07, 6.45) is 4.78. The molecule has 0 aliphatic carbocycles. The molecule has 2 aliphatic heterocycles. The summed E-state index contributed by atoms with van der Waals surface area (Å²) in [5, 5.41) is 0. The van der Waals surface area contributed by atoms with Gasteiger partial charge in [-0.05, 0) is 31.0 Å². The first kappa shape index (κ1) is 10.8. The average Bonchev–Trinajstić information content (AvgIpc) is 2.39. The molecule has 0 saturated carbocycles. The van der Waals surface area contributed by atoms with Gasteiger partial charge in [0.25, 0.3) is 0 Å². The number of para-hydroxylation sites is 1. The Morgan fingerprint density at radius 1 is 1.35 bits per heavy atom. The van der Waals surface area contributed by atoms with Crippen molar-refractivity contribution in [1.29, 1.82) is 0 Å². The van der Waals surface area contributed by atoms with Crippen LogP contribution >= 0.6 is 0 Å². The molecule has 3 rings (SSSR count). The van der Waals surface area contributed by atoms with E-state index in [1.807, 2.05) is 6.07 Å². The molecule has 2 nitrogen and oxygen atoms in total. The van der Waals surface area contributed by atoms with Gasteiger partial charge in [-0.3, -0.25) is 4.90 Å². The van der Waals surface area contributed by atoms with E-state index >= 15 is 0 Å². The summed E-state index contributed by atoms with van der Waals surface area (Å²) in [5.74, 6) is 1.05. The van der Waals surface area contributed by atoms with Crippen molar-refractivity contribution in [3.63, 3.8) is 0 Å². The molecule has 0 radical (unpaired) electrons. The molecule has 1 aromatic rings. The van der Waals surface area contributed by atoms with Crippen LogP contribution in [0.15, 0.2) is 30.3 Å². The summed E-state index contributed by atoms with van der Waals surface area (Å²) in [5.41, 5.74) is 2.77. The SMILES string of the molecule is CCCN1CCC=C2c3ccccc3OC[C@H]21. The van der Waals surface area contributed by atoms with Crippen molar-refractivity contribution in [3.05, 3.63) is 35.9 Å². The predicted octanol–water partition coefficient (Wildman–Crippen LogP) is 2.95. The second kappa shape index (κ2) is 4.53. The molecule has 0 bridgehead atoms. The molecule has 1 aromatic carbocycles. The summed E-state index contributed by atoms with van der Waals surface area (Å²) in [4.78, 5) is 2.56. The first-order chi connectivity index (χ1) is 8.40. The maximum atomic E-state index is 5.89. The van der Waals surface area contributed by atoms with E-state index in [0.717, 1.165) is 12.4 Å². The number of hydrogen-bond donors (Lipinski definition) is 0. The Labute approximate surface area is 103 Å². The molecule has 90 valence electrons. The molecule has 2 heterocycles. The molecule has 17 heavy (non-hydrogen) atoms. The number of benzene rings is 1. The molecule has 0 amide bonds. The van der Waals surface area contributed by atoms with Gasteiger partial charge in [-0.25, -0.2) is 0 Å². The molecular formula is C15H19NO. The van der Waals surface area contributed by atoms with Crippen molar-refractivity contribution in [2.75, 3.05) is 19.7 Å². The monoisotopic (exact) mass is 229 g/mol. The average molecular weight is 229 g/mol. The summed E-state index contributed by atoms with van der Waals surface area (Å²) in [7, 11) is 0. The van der Waals surface area contributed by atoms with Crippen LogP contribution in [-0.2, 0) is 0 Å². The molecule has 1 atom stereocenters. The van der Waals surface area contributed by atoms with E-state index in [2.05, 4.69) is 36.1 Å². The molecule has 0 saturated heterocycles. The number of nitrogens with zero attached hydrogens (tertiary/aromatic N) is 1. The third kappa shape index (κ3) is 1.87. The quantitative estimate of drug-likeness (QED) is 0.773. The summed E-state index contributed by atoms with van der Waals surface area (Å²) < 4.78 is 5.89. The largest absolute Gasteiger partial charge is 0.491 e. The topological polar surface area (TPSA) is 12.5 Å². The normalized spacial score (nSPS) is 23.4. The van der Waals surface area contributed by atoms with Gasteiger partial charge in [0.15, 0.2) is 0 Å². The lowest BCUT2D eigenvalue weighted by Crippen LogP contribution is -2.45. The fourth-order valence-electron chi connectivity index (χ4n) is 2.91. The van der Waals surface area contributed by atoms with Crippen LogP contribution < -0.4 is 4.74 Å². The Hall–Kier alpha value is -1.28. The van der Waals surface area contributed by atoms with Crippen LogP contribution in [0.2, 0.25) is 0 Å². The predicted molar refractivity (Wildman–Crippen MR) is 70.2 cm³/mol. The highest BCUT2D eigenvalue weighted by Crippen LogP contribution is 2.37. The number of fused-ring (bicyclic) bond motifs is 3. The van der Waals surface area contributed by atoms with Crippen molar-refractivity contribution >= 4 is 5.57 Å². The zero-order valence-electron chi connectivity index (χ0n) is 10.4. The summed E-state index contributed by atoms with van der Waals surface area (Å²) in [6.45, 7) is 5.40. The van der Waals surface area contributed by atoms with Crippen LogP contribution in [-0.4, -0.2) is 30.6 Å². The maximum absolute atomic E-state index is 5.89. The standard InChI is InChI=1S/C15H19NO/c1-2-9-16-10-5-7-12-13-6-3-4-8-15(13)17-11-14(12)16/h3-4,6-8,14H,2,5,9-11H2,1H3/t14-/m1/s1. The highest BCUT2D eigenvalue weighted by Gasteiger charge is 2.31. The molecule has 2 heteroatoms. The van der Waals surface area contributed by atoms with Crippen molar-refractivity contribution in [1.82, 2.24) is 4.90 Å². The first-order valence-electron chi connectivity index (χ1n) is 6.56. The van der Waals surface area contributed by atoms with E-state index in [0.29, 0.717) is 6.04 Å². The van der Waals surface area contributed by atoms with Crippen molar-refractivity contribution in [2.24, 2.45) is 0 Å². The Morgan fingerprint density at radius 3 is 3.12 bits per heavy atom. The van der Waals surface area contributed by atoms with E-state index in [-0.39, 0.29) is 0 Å². The van der Waals surface area contributed by atoms with Crippen molar-refractivity contribution in [3.8, 4) is 5.75 Å². The fraction of sp³-hybridized carbons (Fsp3) is 0.467. The third-order valence-corrected chi connectivity index (χ3v) is 3.69. The van der Waals surface area contributed by atoms with Gasteiger partial charge in [-0.2, -0.15) is 0 Å². The van der Waals surface area contributed by atoms with Crippen molar-refractivity contribution < 1.29 is 4.74 Å². The van der Waals surface area contributed by atoms with E-state index in [4.69, 9.17) is 4.74 Å². The van der Waals surface area contributed by atoms with Gasteiger partial charge in [0, 0.05) is 12.1 Å². The van der Waals surface area contributed by atoms with Crippen molar-refractivity contribution in [2.45, 2.75) is 25.8 Å². The van der Waals surface area contributed by atoms with E-state index in [1.54, 1.807) is 0 Å². The molecule has 0 unspecified atom stereocenters. The van der Waals surface area contributed by atoms with Crippen LogP contribution in [0.1, 0.15) is 25.3 Å². The number of ether oxygens (including phenoxy) is 1. The lowest BCUT2D eigenvalue weighted by atomic mass is 9.91. The zero-order valence-corrected chi connectivity index (χ0v) is 10.4. The Morgan fingerprint density at radius 2 is 2.24 bits per heavy atom. The lowest BCUT2D eigenvalue weighted by Gasteiger charge is -2.39. The van der Waals surface area contributed by atoms with Gasteiger partial charge < -0.3 is 4.74 Å². The van der Waals surface area contributed by atoms with Crippen LogP contribution in [0.4, 0.5) is 0 Å². The van der Waals surface area contributed by atoms with Crippen LogP contribution in [0.3, 0.4) is 0 Å². The second-order valence-electron chi connectivity index (χ2n) is 4.81. The van der Waals surface area contributed by atoms with Gasteiger partial charge in [-0.15, -0.1) is 0 Å². The summed E-state index contributed by atoms with van der Waals surface area (Å²) in [6, 6.07) is 8.88. The number of hydrogen-bond acceptors (Lipinski definition) is 2. The number of rotatable bonds is 2. The minimum Gasteiger partial charge on any atom is -0.491 e. The van der Waals surface area contributed by atoms with E-state index < -0.39 is 0 Å². The minimum atomic E-state index is 0.471. The molecule has 0 fully saturated rings. The third-order valence-electron chi connectivity index (χ3n) is 3.69. The Balaban J connectivity index is 1.95. The molecule has 0 aromatic heterocycles. The zero-order chi connectivity index (χ0) is 11.7. The maximum Gasteiger partial charge on any atom is 0.126 e. The minimum absolute atomic E-state index is 0.471. The van der Waals surface area contributed by atoms with E-state index in [9.17, 15) is 0 Å². The first-order valence-corrected chi connectivity index (χ1v) is 6.56. The lowest BCUT2D eigenvalue weighted by molar-refractivity contribution is 0.157. The van der Waals surface area contributed by atoms with Gasteiger partial charge in [0.05, 0.1) is 6.04 Å². The molecule has 0 spiro atoms. The highest BCUT2D eigenvalue weighted by atomic mass is 16.5. The Kier molecular flexibility index (Phi) is 2.89. The molecule has 0 N–H and O–H groups in total. The van der Waals surface area contributed by atoms with Gasteiger partial charge >= 0.3 is 0 Å². The van der Waals surface area contributed by atoms with Gasteiger partial charge in [-0.1, -0.05) is 31.2 Å². The van der Waals surface area contributed by atoms with E-state index in [1.165, 1.54) is 37.1 Å². The van der Waals surface area contributed by atoms with Gasteiger partial charge in [0.2, 0.25) is 0 Å². The van der Waals surface area contributed by atoms with Gasteiger partial charge in [0.1, 0.15) is 12.4 Å². The Bertz CT molecular complexity index is 438. The molecular weight excluding hydrogens is 210 g/mol. The van der Waals surface area contributed by atoms with Crippen LogP contribution in [0.5, 0.6) is 5.75 Å².